The van der Waals surface area contributed by atoms with E-state index in [0.717, 1.165) is 29.7 Å². The summed E-state index contributed by atoms with van der Waals surface area (Å²) in [7, 11) is -1.00. The lowest BCUT2D eigenvalue weighted by Gasteiger charge is -2.22. The highest BCUT2D eigenvalue weighted by atomic mass is 19.4. The molecular weight excluding hydrogens is 580 g/mol. The Morgan fingerprint density at radius 3 is 2.23 bits per heavy atom. The second kappa shape index (κ2) is 16.5. The number of alkyl halides is 3. The van der Waals surface area contributed by atoms with Gasteiger partial charge in [0.25, 0.3) is 0 Å². The summed E-state index contributed by atoms with van der Waals surface area (Å²) in [4.78, 5) is 38.2. The van der Waals surface area contributed by atoms with Crippen LogP contribution in [-0.4, -0.2) is 73.5 Å². The number of fused-ring (bicyclic) bond motifs is 1. The lowest BCUT2D eigenvalue weighted by molar-refractivity contribution is -0.137. The number of nitrogens with zero attached hydrogens (tertiary/aromatic N) is 1. The summed E-state index contributed by atoms with van der Waals surface area (Å²) < 4.78 is 41.6. The first-order valence-corrected chi connectivity index (χ1v) is 14.3. The van der Waals surface area contributed by atoms with Gasteiger partial charge in [0.1, 0.15) is 0 Å². The number of anilines is 1. The van der Waals surface area contributed by atoms with Crippen molar-refractivity contribution < 1.29 is 37.2 Å². The molecule has 9 N–H and O–H groups in total. The first-order valence-electron chi connectivity index (χ1n) is 14.3. The second-order valence-electron chi connectivity index (χ2n) is 10.7. The van der Waals surface area contributed by atoms with Crippen LogP contribution < -0.4 is 33.3 Å². The number of carbonyl (C=O) groups is 3. The fraction of sp³-hybridized carbons (Fsp3) is 0.483. The minimum atomic E-state index is -4.22. The van der Waals surface area contributed by atoms with Gasteiger partial charge in [0.15, 0.2) is 0 Å². The van der Waals surface area contributed by atoms with Crippen LogP contribution in [0.4, 0.5) is 18.9 Å². The number of nitrogens with two attached hydrogens (primary N) is 3. The lowest BCUT2D eigenvalue weighted by Crippen LogP contribution is -2.45. The molecule has 1 aliphatic rings. The van der Waals surface area contributed by atoms with Gasteiger partial charge in [-0.25, -0.2) is 0 Å². The number of hydrogen-bond acceptors (Lipinski definition) is 8. The van der Waals surface area contributed by atoms with Crippen molar-refractivity contribution in [2.45, 2.75) is 57.9 Å². The Kier molecular flexibility index (Phi) is 13.8. The molecule has 1 aliphatic heterocycles. The van der Waals surface area contributed by atoms with E-state index in [9.17, 15) is 32.6 Å². The van der Waals surface area contributed by atoms with Crippen molar-refractivity contribution in [1.82, 2.24) is 10.2 Å². The van der Waals surface area contributed by atoms with Crippen LogP contribution in [0.15, 0.2) is 42.5 Å². The molecular formula is C29H42BF3N6O5. The van der Waals surface area contributed by atoms with E-state index in [2.05, 4.69) is 10.6 Å². The van der Waals surface area contributed by atoms with E-state index in [1.54, 1.807) is 23.1 Å². The third-order valence-electron chi connectivity index (χ3n) is 6.93. The molecule has 2 aromatic carbocycles. The van der Waals surface area contributed by atoms with Crippen LogP contribution in [0.5, 0.6) is 0 Å². The number of benzene rings is 2. The highest BCUT2D eigenvalue weighted by Crippen LogP contribution is 2.31. The number of aryl methyl sites for hydroxylation is 1. The van der Waals surface area contributed by atoms with Crippen molar-refractivity contribution in [1.29, 1.82) is 0 Å². The molecule has 3 rings (SSSR count). The van der Waals surface area contributed by atoms with Crippen LogP contribution in [0.3, 0.4) is 0 Å². The highest BCUT2D eigenvalue weighted by Gasteiger charge is 2.40. The quantitative estimate of drug-likeness (QED) is 0.188. The van der Waals surface area contributed by atoms with Crippen LogP contribution in [0.1, 0.15) is 50.3 Å². The van der Waals surface area contributed by atoms with Gasteiger partial charge in [-0.3, -0.25) is 14.4 Å². The zero-order chi connectivity index (χ0) is 33.1. The summed E-state index contributed by atoms with van der Waals surface area (Å²) in [6.07, 6.45) is -3.23. The molecule has 1 unspecified atom stereocenters. The SMILES string of the molecule is CC1(C)OB(O)c2ccc(NC(=O)CNC(=O)C(N)CCC(=O)N(CCN)CCN)cc21.CCc1ccc(C(F)(F)F)cc1. The van der Waals surface area contributed by atoms with E-state index < -0.39 is 42.3 Å². The predicted octanol–water partition coefficient (Wildman–Crippen LogP) is 0.815. The maximum absolute atomic E-state index is 12.2. The molecule has 44 heavy (non-hydrogen) atoms. The highest BCUT2D eigenvalue weighted by molar-refractivity contribution is 6.62. The van der Waals surface area contributed by atoms with Crippen molar-refractivity contribution in [3.8, 4) is 0 Å². The minimum absolute atomic E-state index is 0.0830. The van der Waals surface area contributed by atoms with Gasteiger partial charge >= 0.3 is 13.3 Å². The van der Waals surface area contributed by atoms with Gasteiger partial charge in [-0.1, -0.05) is 25.1 Å². The molecule has 1 atom stereocenters. The number of carbonyl (C=O) groups excluding carboxylic acids is 3. The van der Waals surface area contributed by atoms with Crippen molar-refractivity contribution in [2.24, 2.45) is 17.2 Å². The van der Waals surface area contributed by atoms with E-state index in [4.69, 9.17) is 21.9 Å². The fourth-order valence-electron chi connectivity index (χ4n) is 4.45. The molecule has 11 nitrogen and oxygen atoms in total. The van der Waals surface area contributed by atoms with Crippen molar-refractivity contribution in [3.63, 3.8) is 0 Å². The van der Waals surface area contributed by atoms with Gasteiger partial charge in [0.05, 0.1) is 23.8 Å². The molecule has 0 spiro atoms. The summed E-state index contributed by atoms with van der Waals surface area (Å²) >= 11 is 0. The Bertz CT molecular complexity index is 1260. The molecule has 2 aromatic rings. The largest absolute Gasteiger partial charge is 0.492 e. The van der Waals surface area contributed by atoms with Gasteiger partial charge in [-0.2, -0.15) is 13.2 Å². The number of amides is 3. The van der Waals surface area contributed by atoms with Crippen molar-refractivity contribution in [2.75, 3.05) is 38.0 Å². The van der Waals surface area contributed by atoms with Crippen molar-refractivity contribution in [3.05, 3.63) is 59.2 Å². The Hall–Kier alpha value is -3.50. The Morgan fingerprint density at radius 2 is 1.68 bits per heavy atom. The first kappa shape index (κ1) is 36.7. The topological polar surface area (TPSA) is 186 Å². The van der Waals surface area contributed by atoms with E-state index in [0.29, 0.717) is 37.3 Å². The minimum Gasteiger partial charge on any atom is -0.423 e. The molecule has 0 aromatic heterocycles. The van der Waals surface area contributed by atoms with Crippen LogP contribution in [0, 0.1) is 0 Å². The lowest BCUT2D eigenvalue weighted by atomic mass is 9.78. The molecule has 0 aliphatic carbocycles. The molecule has 242 valence electrons. The third kappa shape index (κ3) is 10.9. The van der Waals surface area contributed by atoms with E-state index in [-0.39, 0.29) is 25.3 Å². The first-order chi connectivity index (χ1) is 20.6. The van der Waals surface area contributed by atoms with Gasteiger partial charge in [-0.05, 0) is 67.5 Å². The molecule has 15 heteroatoms. The maximum Gasteiger partial charge on any atom is 0.492 e. The van der Waals surface area contributed by atoms with E-state index in [1.807, 2.05) is 20.8 Å². The Morgan fingerprint density at radius 1 is 1.07 bits per heavy atom. The predicted molar refractivity (Wildman–Crippen MR) is 163 cm³/mol. The molecule has 0 saturated heterocycles. The maximum atomic E-state index is 12.2. The average molecular weight is 622 g/mol. The Balaban J connectivity index is 0.000000469. The zero-order valence-corrected chi connectivity index (χ0v) is 25.2. The smallest absolute Gasteiger partial charge is 0.423 e. The van der Waals surface area contributed by atoms with Gasteiger partial charge in [-0.15, -0.1) is 0 Å². The summed E-state index contributed by atoms with van der Waals surface area (Å²) in [6, 6.07) is 9.37. The number of nitrogens with one attached hydrogen (secondary N) is 2. The van der Waals surface area contributed by atoms with Crippen LogP contribution >= 0.6 is 0 Å². The van der Waals surface area contributed by atoms with Gasteiger partial charge in [0.2, 0.25) is 17.7 Å². The third-order valence-corrected chi connectivity index (χ3v) is 6.93. The number of hydrogen-bond donors (Lipinski definition) is 6. The fourth-order valence-corrected chi connectivity index (χ4v) is 4.45. The zero-order valence-electron chi connectivity index (χ0n) is 25.2. The summed E-state index contributed by atoms with van der Waals surface area (Å²) in [5, 5.41) is 15.1. The molecule has 0 fully saturated rings. The number of rotatable bonds is 12. The molecule has 0 radical (unpaired) electrons. The van der Waals surface area contributed by atoms with Gasteiger partial charge in [0, 0.05) is 38.3 Å². The van der Waals surface area contributed by atoms with Crippen LogP contribution in [0.2, 0.25) is 0 Å². The molecule has 0 bridgehead atoms. The van der Waals surface area contributed by atoms with E-state index in [1.165, 1.54) is 12.1 Å². The number of halogens is 3. The molecule has 3 amide bonds. The standard InChI is InChI=1S/C20H33BN6O5.C9H9F3/c1-20(2)14-11-13(3-4-15(14)21(31)32-20)26-17(28)12-25-19(30)16(24)5-6-18(29)27(9-7-22)10-8-23;1-2-7-3-5-8(6-4-7)9(10,11)12/h3-4,11,16,31H,5-10,12,22-24H2,1-2H3,(H,25,30)(H,26,28);3-6H,2H2,1H3. The molecule has 1 heterocycles. The average Bonchev–Trinajstić information content (AvgIpc) is 3.21. The monoisotopic (exact) mass is 622 g/mol. The van der Waals surface area contributed by atoms with Crippen LogP contribution in [-0.2, 0) is 37.2 Å². The normalized spacial score (nSPS) is 14.2. The summed E-state index contributed by atoms with van der Waals surface area (Å²) in [6.45, 7) is 6.71. The molecule has 0 saturated carbocycles. The summed E-state index contributed by atoms with van der Waals surface area (Å²) in [5.74, 6) is -1.13. The second-order valence-corrected chi connectivity index (χ2v) is 10.7. The Labute approximate surface area is 255 Å². The summed E-state index contributed by atoms with van der Waals surface area (Å²) in [5.41, 5.74) is 18.4. The van der Waals surface area contributed by atoms with Gasteiger partial charge < -0.3 is 42.4 Å². The van der Waals surface area contributed by atoms with E-state index >= 15 is 0 Å². The van der Waals surface area contributed by atoms with Crippen molar-refractivity contribution >= 4 is 36.0 Å². The van der Waals surface area contributed by atoms with Crippen LogP contribution in [0.25, 0.3) is 0 Å².